The fourth-order valence-electron chi connectivity index (χ4n) is 6.07. The van der Waals surface area contributed by atoms with E-state index in [1.165, 1.54) is 48.4 Å². The molecule has 0 atom stereocenters. The molecule has 5 heterocycles. The van der Waals surface area contributed by atoms with Crippen molar-refractivity contribution in [3.05, 3.63) is 122 Å². The molecule has 8 bridgehead atoms. The van der Waals surface area contributed by atoms with Crippen molar-refractivity contribution in [3.63, 3.8) is 0 Å². The van der Waals surface area contributed by atoms with Crippen LogP contribution in [0.1, 0.15) is 98.5 Å². The van der Waals surface area contributed by atoms with Crippen LogP contribution in [-0.2, 0) is 21.7 Å². The number of nitrogens with one attached hydrogen (secondary N) is 2. The van der Waals surface area contributed by atoms with Crippen molar-refractivity contribution in [2.24, 2.45) is 0 Å². The van der Waals surface area contributed by atoms with Gasteiger partial charge in [-0.3, -0.25) is 0 Å². The average Bonchev–Trinajstić information content (AvgIpc) is 3.69. The van der Waals surface area contributed by atoms with E-state index in [4.69, 9.17) is 0 Å². The van der Waals surface area contributed by atoms with Gasteiger partial charge in [0.25, 0.3) is 0 Å². The lowest BCUT2D eigenvalue weighted by Crippen LogP contribution is -2.23. The van der Waals surface area contributed by atoms with Crippen molar-refractivity contribution < 1.29 is 0 Å². The molecule has 38 heavy (non-hydrogen) atoms. The Labute approximate surface area is 232 Å². The van der Waals surface area contributed by atoms with Gasteiger partial charge < -0.3 is 9.97 Å². The highest BCUT2D eigenvalue weighted by atomic mass is 32.1. The Balaban J connectivity index is 1.67. The Morgan fingerprint density at radius 3 is 1.29 bits per heavy atom. The summed E-state index contributed by atoms with van der Waals surface area (Å²) in [5.74, 6) is 0. The number of aromatic amines is 2. The largest absolute Gasteiger partial charge is 0.361 e. The monoisotopic (exact) mass is 538 g/mol. The van der Waals surface area contributed by atoms with Gasteiger partial charge in [-0.1, -0.05) is 50.0 Å². The lowest BCUT2D eigenvalue weighted by atomic mass is 9.86. The molecule has 0 amide bonds. The second kappa shape index (κ2) is 8.38. The Morgan fingerprint density at radius 2 is 0.868 bits per heavy atom. The molecule has 6 rings (SSSR count). The fourth-order valence-corrected chi connectivity index (χ4v) is 10.4. The molecule has 196 valence electrons. The van der Waals surface area contributed by atoms with E-state index in [1.807, 2.05) is 11.3 Å². The maximum atomic E-state index is 3.92. The maximum absolute atomic E-state index is 3.92. The number of hydrogen-bond acceptors (Lipinski definition) is 1. The summed E-state index contributed by atoms with van der Waals surface area (Å²) in [5, 5.41) is 4.43. The van der Waals surface area contributed by atoms with Gasteiger partial charge in [-0.15, -0.1) is 11.3 Å². The van der Waals surface area contributed by atoms with E-state index in [9.17, 15) is 0 Å². The molecule has 0 fully saturated rings. The van der Waals surface area contributed by atoms with Gasteiger partial charge in [0.1, 0.15) is 0 Å². The number of rotatable bonds is 1. The number of thiophene rings is 1. The molecule has 0 saturated heterocycles. The van der Waals surface area contributed by atoms with Gasteiger partial charge in [-0.2, -0.15) is 0 Å². The van der Waals surface area contributed by atoms with Gasteiger partial charge in [0.05, 0.1) is 0 Å². The van der Waals surface area contributed by atoms with Crippen LogP contribution in [0.4, 0.5) is 0 Å². The van der Waals surface area contributed by atoms with Crippen LogP contribution in [0.15, 0.2) is 78.9 Å². The molecule has 0 saturated carbocycles. The SMILES string of the molecule is CC1(C)c2ccc([nH]2)C(C)(C)c2ccc(p2-c2ccccc2)C(C)(C)c2ccc([nH]2)C(C)(C)c2ccc1s2. The van der Waals surface area contributed by atoms with Gasteiger partial charge in [-0.05, 0) is 108 Å². The van der Waals surface area contributed by atoms with Gasteiger partial charge >= 0.3 is 0 Å². The van der Waals surface area contributed by atoms with Crippen LogP contribution in [0.3, 0.4) is 0 Å². The molecule has 4 heteroatoms. The lowest BCUT2D eigenvalue weighted by molar-refractivity contribution is 0.600. The summed E-state index contributed by atoms with van der Waals surface area (Å²) in [6, 6.07) is 30.0. The molecule has 4 aromatic heterocycles. The highest BCUT2D eigenvalue weighted by molar-refractivity contribution is 7.59. The van der Waals surface area contributed by atoms with E-state index in [2.05, 4.69) is 144 Å². The highest BCUT2D eigenvalue weighted by Crippen LogP contribution is 2.58. The summed E-state index contributed by atoms with van der Waals surface area (Å²) in [7, 11) is -0.668. The minimum absolute atomic E-state index is 0.106. The lowest BCUT2D eigenvalue weighted by Gasteiger charge is -2.31. The second-order valence-corrected chi connectivity index (χ2v) is 16.2. The predicted octanol–water partition coefficient (Wildman–Crippen LogP) is 10.00. The Hall–Kier alpha value is -2.74. The van der Waals surface area contributed by atoms with Crippen molar-refractivity contribution in [3.8, 4) is 5.30 Å². The fraction of sp³-hybridized carbons (Fsp3) is 0.353. The van der Waals surface area contributed by atoms with Crippen molar-refractivity contribution in [1.82, 2.24) is 9.97 Å². The number of aromatic nitrogens is 2. The first-order chi connectivity index (χ1) is 17.8. The van der Waals surface area contributed by atoms with Gasteiger partial charge in [0.15, 0.2) is 0 Å². The van der Waals surface area contributed by atoms with Gasteiger partial charge in [0.2, 0.25) is 0 Å². The average molecular weight is 539 g/mol. The van der Waals surface area contributed by atoms with Crippen LogP contribution in [0.2, 0.25) is 0 Å². The van der Waals surface area contributed by atoms with Crippen molar-refractivity contribution in [2.75, 3.05) is 0 Å². The molecule has 1 aliphatic heterocycles. The Morgan fingerprint density at radius 1 is 0.474 bits per heavy atom. The molecule has 1 aliphatic rings. The molecular weight excluding hydrogens is 499 g/mol. The van der Waals surface area contributed by atoms with Gasteiger partial charge in [-0.25, -0.2) is 0 Å². The van der Waals surface area contributed by atoms with Crippen molar-refractivity contribution >= 4 is 18.9 Å². The number of H-pyrrole nitrogens is 2. The zero-order valence-corrected chi connectivity index (χ0v) is 25.6. The van der Waals surface area contributed by atoms with Crippen LogP contribution >= 0.6 is 18.9 Å². The minimum atomic E-state index is -0.668. The predicted molar refractivity (Wildman–Crippen MR) is 165 cm³/mol. The van der Waals surface area contributed by atoms with E-state index < -0.39 is 7.53 Å². The first kappa shape index (κ1) is 25.5. The zero-order valence-electron chi connectivity index (χ0n) is 23.9. The van der Waals surface area contributed by atoms with Gasteiger partial charge in [0, 0.05) is 54.2 Å². The Kier molecular flexibility index (Phi) is 5.63. The third kappa shape index (κ3) is 3.66. The van der Waals surface area contributed by atoms with Crippen LogP contribution < -0.4 is 0 Å². The molecule has 0 aliphatic carbocycles. The number of fused-ring (bicyclic) bond motifs is 8. The van der Waals surface area contributed by atoms with Crippen LogP contribution in [0, 0.1) is 0 Å². The molecular formula is C34H39N2PS. The first-order valence-electron chi connectivity index (χ1n) is 13.6. The quantitative estimate of drug-likeness (QED) is 0.213. The van der Waals surface area contributed by atoms with Crippen molar-refractivity contribution in [2.45, 2.75) is 77.0 Å². The summed E-state index contributed by atoms with van der Waals surface area (Å²) >= 11 is 1.94. The summed E-state index contributed by atoms with van der Waals surface area (Å²) in [6.07, 6.45) is 0. The topological polar surface area (TPSA) is 31.6 Å². The third-order valence-corrected chi connectivity index (χ3v) is 14.0. The van der Waals surface area contributed by atoms with E-state index in [1.54, 1.807) is 0 Å². The normalized spacial score (nSPS) is 18.8. The summed E-state index contributed by atoms with van der Waals surface area (Å²) in [6.45, 7) is 19.0. The van der Waals surface area contributed by atoms with Crippen LogP contribution in [-0.4, -0.2) is 9.97 Å². The minimum Gasteiger partial charge on any atom is -0.361 e. The smallest absolute Gasteiger partial charge is 0.0390 e. The molecule has 2 nitrogen and oxygen atoms in total. The molecule has 0 radical (unpaired) electrons. The molecule has 5 aromatic rings. The maximum Gasteiger partial charge on any atom is 0.0390 e. The Bertz CT molecular complexity index is 1520. The van der Waals surface area contributed by atoms with Crippen LogP contribution in [0.5, 0.6) is 0 Å². The van der Waals surface area contributed by atoms with E-state index in [0.717, 1.165) is 0 Å². The second-order valence-electron chi connectivity index (χ2n) is 13.0. The third-order valence-electron chi connectivity index (χ3n) is 9.08. The van der Waals surface area contributed by atoms with Crippen molar-refractivity contribution in [1.29, 1.82) is 0 Å². The van der Waals surface area contributed by atoms with E-state index in [-0.39, 0.29) is 21.7 Å². The molecule has 1 aromatic carbocycles. The standard InChI is InChI=1S/C34H39N2PS/c1-31(2)23-14-16-25(35-23)33(5,6)29-20-21-30(38-29)34(7,8)26-17-15-24(36-26)32(3,4)28-19-18-27(31)37(28)22-12-10-9-11-13-22/h9-21,35-36H,1-8H3. The van der Waals surface area contributed by atoms with E-state index >= 15 is 0 Å². The number of hydrogen-bond donors (Lipinski definition) is 2. The van der Waals surface area contributed by atoms with Crippen LogP contribution in [0.25, 0.3) is 5.30 Å². The summed E-state index contributed by atoms with van der Waals surface area (Å²) in [4.78, 5) is 10.6. The number of benzene rings is 1. The summed E-state index contributed by atoms with van der Waals surface area (Å²) in [5.41, 5.74) is 4.64. The molecule has 0 unspecified atom stereocenters. The molecule has 0 spiro atoms. The zero-order chi connectivity index (χ0) is 27.1. The first-order valence-corrected chi connectivity index (χ1v) is 15.8. The molecule has 2 N–H and O–H groups in total. The summed E-state index contributed by atoms with van der Waals surface area (Å²) < 4.78 is 0. The highest BCUT2D eigenvalue weighted by Gasteiger charge is 2.38. The van der Waals surface area contributed by atoms with E-state index in [0.29, 0.717) is 0 Å².